The predicted molar refractivity (Wildman–Crippen MR) is 44.1 cm³/mol. The fraction of sp³-hybridized carbons (Fsp3) is 0.286. The van der Waals surface area contributed by atoms with E-state index < -0.39 is 0 Å². The van der Waals surface area contributed by atoms with Crippen LogP contribution in [0.3, 0.4) is 0 Å². The van der Waals surface area contributed by atoms with Crippen LogP contribution < -0.4 is 22.7 Å². The van der Waals surface area contributed by atoms with Crippen LogP contribution in [0, 0.1) is 0 Å². The van der Waals surface area contributed by atoms with Gasteiger partial charge in [0, 0.05) is 7.05 Å². The van der Waals surface area contributed by atoms with E-state index in [9.17, 15) is 0 Å². The number of imidazole rings is 1. The van der Waals surface area contributed by atoms with Crippen LogP contribution in [-0.4, -0.2) is 14.5 Å². The highest BCUT2D eigenvalue weighted by atomic mass is 35.5. The minimum Gasteiger partial charge on any atom is -1.00 e. The molecule has 0 amide bonds. The van der Waals surface area contributed by atoms with E-state index in [-0.39, 0.29) is 12.4 Å². The molecule has 0 bridgehead atoms. The Labute approximate surface area is 81.6 Å². The molecule has 0 radical (unpaired) electrons. The molecule has 2 heterocycles. The van der Waals surface area contributed by atoms with E-state index in [4.69, 9.17) is 5.73 Å². The quantitative estimate of drug-likeness (QED) is 0.446. The van der Waals surface area contributed by atoms with Crippen LogP contribution in [0.1, 0.15) is 0 Å². The van der Waals surface area contributed by atoms with Gasteiger partial charge >= 0.3 is 0 Å². The zero-order valence-electron chi connectivity index (χ0n) is 7.40. The molecule has 5 nitrogen and oxygen atoms in total. The summed E-state index contributed by atoms with van der Waals surface area (Å²) in [4.78, 5) is 8.32. The molecule has 6 heteroatoms. The Balaban J connectivity index is 0.000000845. The maximum Gasteiger partial charge on any atom is 0.250 e. The zero-order chi connectivity index (χ0) is 8.72. The number of nitrogens with two attached hydrogens (primary N) is 1. The second-order valence-electron chi connectivity index (χ2n) is 2.77. The van der Waals surface area contributed by atoms with Gasteiger partial charge in [-0.15, -0.1) is 0 Å². The van der Waals surface area contributed by atoms with Gasteiger partial charge in [0.1, 0.15) is 0 Å². The summed E-state index contributed by atoms with van der Waals surface area (Å²) in [7, 11) is 3.73. The van der Waals surface area contributed by atoms with E-state index in [1.54, 1.807) is 17.2 Å². The van der Waals surface area contributed by atoms with Gasteiger partial charge in [0.25, 0.3) is 5.82 Å². The lowest BCUT2D eigenvalue weighted by atomic mass is 10.5. The molecule has 2 N–H and O–H groups in total. The molecule has 2 aromatic heterocycles. The maximum atomic E-state index is 5.78. The van der Waals surface area contributed by atoms with E-state index in [0.717, 1.165) is 11.2 Å². The first kappa shape index (κ1) is 9.73. The standard InChI is InChI=1S/C7H9N5.ClH/c1-11-4-10-7-5(6(11)8)9-3-12(7)2;/h3-4,8H,1-2H3;1H. The Kier molecular flexibility index (Phi) is 2.38. The minimum absolute atomic E-state index is 0. The second kappa shape index (κ2) is 3.18. The van der Waals surface area contributed by atoms with Gasteiger partial charge in [-0.1, -0.05) is 4.98 Å². The molecule has 13 heavy (non-hydrogen) atoms. The third-order valence-electron chi connectivity index (χ3n) is 1.88. The van der Waals surface area contributed by atoms with Gasteiger partial charge in [-0.05, 0) is 0 Å². The van der Waals surface area contributed by atoms with E-state index in [1.807, 2.05) is 18.7 Å². The van der Waals surface area contributed by atoms with Crippen molar-refractivity contribution in [3.8, 4) is 0 Å². The van der Waals surface area contributed by atoms with Gasteiger partial charge in [0.15, 0.2) is 5.52 Å². The van der Waals surface area contributed by atoms with Crippen LogP contribution in [-0.2, 0) is 14.1 Å². The van der Waals surface area contributed by atoms with Crippen LogP contribution >= 0.6 is 0 Å². The normalized spacial score (nSPS) is 10.0. The van der Waals surface area contributed by atoms with Crippen LogP contribution in [0.4, 0.5) is 5.82 Å². The number of nitrogen functional groups attached to an aromatic ring is 1. The van der Waals surface area contributed by atoms with Crippen molar-refractivity contribution in [3.05, 3.63) is 12.7 Å². The van der Waals surface area contributed by atoms with Gasteiger partial charge in [-0.2, -0.15) is 0 Å². The highest BCUT2D eigenvalue weighted by molar-refractivity contribution is 5.79. The number of anilines is 1. The second-order valence-corrected chi connectivity index (χ2v) is 2.77. The first-order chi connectivity index (χ1) is 5.70. The molecule has 0 fully saturated rings. The maximum absolute atomic E-state index is 5.78. The number of aromatic nitrogens is 4. The average molecular weight is 200 g/mol. The number of aryl methyl sites for hydroxylation is 2. The summed E-state index contributed by atoms with van der Waals surface area (Å²) >= 11 is 0. The molecule has 0 spiro atoms. The molecule has 0 atom stereocenters. The molecular formula is C7H10ClN5. The van der Waals surface area contributed by atoms with E-state index in [0.29, 0.717) is 5.82 Å². The van der Waals surface area contributed by atoms with Crippen molar-refractivity contribution in [2.75, 3.05) is 5.73 Å². The largest absolute Gasteiger partial charge is 1.00 e. The lowest BCUT2D eigenvalue weighted by Gasteiger charge is -1.94. The average Bonchev–Trinajstić information content (AvgIpc) is 2.41. The third kappa shape index (κ3) is 1.31. The smallest absolute Gasteiger partial charge is 0.250 e. The number of fused-ring (bicyclic) bond motifs is 1. The molecule has 0 aromatic carbocycles. The topological polar surface area (TPSA) is 60.6 Å². The van der Waals surface area contributed by atoms with Crippen molar-refractivity contribution in [1.29, 1.82) is 0 Å². The SMILES string of the molecule is Cn1cnc2c(N)[n+](C)cnc21.[Cl-]. The highest BCUT2D eigenvalue weighted by Gasteiger charge is 2.11. The van der Waals surface area contributed by atoms with Gasteiger partial charge in [0.05, 0.1) is 13.4 Å². The van der Waals surface area contributed by atoms with Crippen molar-refractivity contribution in [2.24, 2.45) is 14.1 Å². The van der Waals surface area contributed by atoms with Gasteiger partial charge in [0.2, 0.25) is 12.0 Å². The Morgan fingerprint density at radius 2 is 2.15 bits per heavy atom. The Morgan fingerprint density at radius 1 is 1.46 bits per heavy atom. The fourth-order valence-electron chi connectivity index (χ4n) is 1.13. The molecule has 2 rings (SSSR count). The van der Waals surface area contributed by atoms with E-state index in [1.165, 1.54) is 0 Å². The molecule has 0 saturated carbocycles. The summed E-state index contributed by atoms with van der Waals surface area (Å²) < 4.78 is 3.58. The summed E-state index contributed by atoms with van der Waals surface area (Å²) in [6.07, 6.45) is 3.38. The molecule has 0 aliphatic carbocycles. The first-order valence-electron chi connectivity index (χ1n) is 3.61. The lowest BCUT2D eigenvalue weighted by molar-refractivity contribution is -0.658. The minimum atomic E-state index is 0. The summed E-state index contributed by atoms with van der Waals surface area (Å²) in [5.74, 6) is 0.639. The molecule has 0 unspecified atom stereocenters. The van der Waals surface area contributed by atoms with E-state index >= 15 is 0 Å². The van der Waals surface area contributed by atoms with Crippen LogP contribution in [0.2, 0.25) is 0 Å². The summed E-state index contributed by atoms with van der Waals surface area (Å²) in [5.41, 5.74) is 7.34. The number of rotatable bonds is 0. The predicted octanol–water partition coefficient (Wildman–Crippen LogP) is -3.62. The molecule has 70 valence electrons. The fourth-order valence-corrected chi connectivity index (χ4v) is 1.13. The monoisotopic (exact) mass is 199 g/mol. The Hall–Kier alpha value is -1.36. The number of nitrogens with zero attached hydrogens (tertiary/aromatic N) is 4. The van der Waals surface area contributed by atoms with Crippen molar-refractivity contribution < 1.29 is 17.0 Å². The number of hydrogen-bond acceptors (Lipinski definition) is 3. The van der Waals surface area contributed by atoms with E-state index in [2.05, 4.69) is 9.97 Å². The van der Waals surface area contributed by atoms with Crippen molar-refractivity contribution >= 4 is 17.0 Å². The van der Waals surface area contributed by atoms with Crippen molar-refractivity contribution in [1.82, 2.24) is 14.5 Å². The Bertz CT molecular complexity index is 436. The molecular weight excluding hydrogens is 190 g/mol. The number of hydrogen-bond donors (Lipinski definition) is 1. The summed E-state index contributed by atoms with van der Waals surface area (Å²) in [6.45, 7) is 0. The zero-order valence-corrected chi connectivity index (χ0v) is 8.15. The van der Waals surface area contributed by atoms with Crippen molar-refractivity contribution in [2.45, 2.75) is 0 Å². The van der Waals surface area contributed by atoms with Crippen molar-refractivity contribution in [3.63, 3.8) is 0 Å². The van der Waals surface area contributed by atoms with Crippen LogP contribution in [0.5, 0.6) is 0 Å². The first-order valence-corrected chi connectivity index (χ1v) is 3.61. The lowest BCUT2D eigenvalue weighted by Crippen LogP contribution is -3.00. The molecule has 0 aliphatic heterocycles. The summed E-state index contributed by atoms with van der Waals surface area (Å²) in [5, 5.41) is 0. The van der Waals surface area contributed by atoms with Gasteiger partial charge < -0.3 is 22.7 Å². The van der Waals surface area contributed by atoms with Crippen LogP contribution in [0.15, 0.2) is 12.7 Å². The third-order valence-corrected chi connectivity index (χ3v) is 1.88. The van der Waals surface area contributed by atoms with Crippen LogP contribution in [0.25, 0.3) is 11.2 Å². The summed E-state index contributed by atoms with van der Waals surface area (Å²) in [6, 6.07) is 0. The highest BCUT2D eigenvalue weighted by Crippen LogP contribution is 2.10. The molecule has 0 saturated heterocycles. The molecule has 0 aliphatic rings. The van der Waals surface area contributed by atoms with Gasteiger partial charge in [-0.3, -0.25) is 0 Å². The van der Waals surface area contributed by atoms with Gasteiger partial charge in [-0.25, -0.2) is 9.55 Å². The Morgan fingerprint density at radius 3 is 2.85 bits per heavy atom. The molecule has 2 aromatic rings. The number of halogens is 1.